The van der Waals surface area contributed by atoms with Crippen molar-refractivity contribution in [3.63, 3.8) is 0 Å². The Morgan fingerprint density at radius 1 is 0.415 bits per heavy atom. The molecule has 4 heterocycles. The molecule has 12 aromatic rings. The molecule has 8 aromatic carbocycles. The van der Waals surface area contributed by atoms with Crippen molar-refractivity contribution in [3.8, 4) is 22.9 Å². The van der Waals surface area contributed by atoms with Crippen LogP contribution in [-0.2, 0) is 0 Å². The highest BCUT2D eigenvalue weighted by atomic mass is 32.1. The summed E-state index contributed by atoms with van der Waals surface area (Å²) in [5, 5.41) is 10.9. The van der Waals surface area contributed by atoms with E-state index in [0.29, 0.717) is 5.95 Å². The second-order valence-corrected chi connectivity index (χ2v) is 14.8. The van der Waals surface area contributed by atoms with Crippen LogP contribution < -0.4 is 0 Å². The Morgan fingerprint density at radius 2 is 1.02 bits per heavy atom. The summed E-state index contributed by atoms with van der Waals surface area (Å²) >= 11 is 1.77. The Hall–Kier alpha value is -6.82. The zero-order chi connectivity index (χ0) is 34.6. The second kappa shape index (κ2) is 10.8. The number of benzene rings is 8. The quantitative estimate of drug-likeness (QED) is 0.185. The first-order valence-corrected chi connectivity index (χ1v) is 18.7. The van der Waals surface area contributed by atoms with E-state index in [1.807, 2.05) is 0 Å². The first-order chi connectivity index (χ1) is 26.3. The summed E-state index contributed by atoms with van der Waals surface area (Å²) in [5.74, 6) is 0.672. The van der Waals surface area contributed by atoms with Crippen molar-refractivity contribution in [3.05, 3.63) is 170 Å². The average molecular weight is 693 g/mol. The van der Waals surface area contributed by atoms with E-state index < -0.39 is 0 Å². The van der Waals surface area contributed by atoms with E-state index in [1.54, 1.807) is 11.3 Å². The van der Waals surface area contributed by atoms with Gasteiger partial charge < -0.3 is 4.57 Å². The lowest BCUT2D eigenvalue weighted by Crippen LogP contribution is -2.03. The zero-order valence-electron chi connectivity index (χ0n) is 28.4. The Labute approximate surface area is 307 Å². The Morgan fingerprint density at radius 3 is 1.75 bits per heavy atom. The van der Waals surface area contributed by atoms with Gasteiger partial charge in [-0.3, -0.25) is 4.57 Å². The van der Waals surface area contributed by atoms with Gasteiger partial charge in [0.15, 0.2) is 0 Å². The SMILES string of the molecule is c1ccc(-n2c3ccccc3c3ccc(-c4nc(-n5c6ccc7ccccc7c6c6c7ccccc7ccc65)nc5c4sc4ccccc45)cc32)cc1. The van der Waals surface area contributed by atoms with Gasteiger partial charge in [-0.05, 0) is 64.0 Å². The molecule has 246 valence electrons. The minimum absolute atomic E-state index is 0.672. The number of hydrogen-bond acceptors (Lipinski definition) is 3. The molecule has 0 amide bonds. The predicted octanol–water partition coefficient (Wildman–Crippen LogP) is 13.0. The molecular weight excluding hydrogens is 665 g/mol. The van der Waals surface area contributed by atoms with E-state index in [0.717, 1.165) is 49.1 Å². The summed E-state index contributed by atoms with van der Waals surface area (Å²) in [6.45, 7) is 0. The summed E-state index contributed by atoms with van der Waals surface area (Å²) in [6.07, 6.45) is 0. The fraction of sp³-hybridized carbons (Fsp3) is 0. The molecule has 5 heteroatoms. The smallest absolute Gasteiger partial charge is 0.235 e. The van der Waals surface area contributed by atoms with Gasteiger partial charge in [0.1, 0.15) is 0 Å². The minimum Gasteiger partial charge on any atom is -0.309 e. The first-order valence-electron chi connectivity index (χ1n) is 17.9. The normalized spacial score (nSPS) is 12.2. The molecule has 0 saturated carbocycles. The zero-order valence-corrected chi connectivity index (χ0v) is 29.2. The van der Waals surface area contributed by atoms with Gasteiger partial charge in [0.05, 0.1) is 38.0 Å². The monoisotopic (exact) mass is 692 g/mol. The molecular formula is C48H28N4S. The Kier molecular flexibility index (Phi) is 5.90. The van der Waals surface area contributed by atoms with Crippen LogP contribution >= 0.6 is 11.3 Å². The Bertz CT molecular complexity index is 3370. The highest BCUT2D eigenvalue weighted by molar-refractivity contribution is 7.26. The van der Waals surface area contributed by atoms with Gasteiger partial charge in [-0.2, -0.15) is 0 Å². The molecule has 0 saturated heterocycles. The topological polar surface area (TPSA) is 35.6 Å². The maximum atomic E-state index is 5.59. The lowest BCUT2D eigenvalue weighted by molar-refractivity contribution is 1.02. The van der Waals surface area contributed by atoms with E-state index in [4.69, 9.17) is 9.97 Å². The molecule has 0 unspecified atom stereocenters. The van der Waals surface area contributed by atoms with Gasteiger partial charge in [-0.1, -0.05) is 127 Å². The van der Waals surface area contributed by atoms with E-state index in [9.17, 15) is 0 Å². The minimum atomic E-state index is 0.672. The number of para-hydroxylation sites is 2. The van der Waals surface area contributed by atoms with Crippen LogP contribution in [-0.4, -0.2) is 19.1 Å². The number of thiophene rings is 1. The van der Waals surface area contributed by atoms with Crippen LogP contribution in [0.3, 0.4) is 0 Å². The van der Waals surface area contributed by atoms with Crippen LogP contribution in [0.5, 0.6) is 0 Å². The molecule has 4 nitrogen and oxygen atoms in total. The lowest BCUT2D eigenvalue weighted by atomic mass is 10.00. The summed E-state index contributed by atoms with van der Waals surface area (Å²) in [7, 11) is 0. The second-order valence-electron chi connectivity index (χ2n) is 13.8. The van der Waals surface area contributed by atoms with Crippen molar-refractivity contribution in [1.29, 1.82) is 0 Å². The highest BCUT2D eigenvalue weighted by Crippen LogP contribution is 2.44. The van der Waals surface area contributed by atoms with Crippen molar-refractivity contribution in [2.75, 3.05) is 0 Å². The van der Waals surface area contributed by atoms with Crippen molar-refractivity contribution in [2.24, 2.45) is 0 Å². The molecule has 12 rings (SSSR count). The maximum absolute atomic E-state index is 5.59. The molecule has 0 radical (unpaired) electrons. The van der Waals surface area contributed by atoms with Gasteiger partial charge >= 0.3 is 0 Å². The number of hydrogen-bond donors (Lipinski definition) is 0. The van der Waals surface area contributed by atoms with Gasteiger partial charge in [-0.25, -0.2) is 9.97 Å². The molecule has 0 fully saturated rings. The number of nitrogens with zero attached hydrogens (tertiary/aromatic N) is 4. The predicted molar refractivity (Wildman–Crippen MR) is 224 cm³/mol. The van der Waals surface area contributed by atoms with E-state index in [-0.39, 0.29) is 0 Å². The standard InChI is InChI=1S/C48H28N4S/c1-2-14-32(15-3-1)51-38-20-10-8-18-35(38)36-25-22-31(28-41(36)51)45-47-46(37-19-9-11-21-42(37)53-47)50-48(49-45)52-39-26-23-29-12-4-6-16-33(29)43(39)44-34-17-7-5-13-30(34)24-27-40(44)52/h1-28H. The average Bonchev–Trinajstić information content (AvgIpc) is 3.88. The summed E-state index contributed by atoms with van der Waals surface area (Å²) in [4.78, 5) is 11.1. The van der Waals surface area contributed by atoms with Crippen molar-refractivity contribution in [2.45, 2.75) is 0 Å². The molecule has 0 N–H and O–H groups in total. The van der Waals surface area contributed by atoms with Crippen LogP contribution in [0.15, 0.2) is 170 Å². The molecule has 0 aliphatic rings. The maximum Gasteiger partial charge on any atom is 0.235 e. The van der Waals surface area contributed by atoms with E-state index >= 15 is 0 Å². The number of rotatable bonds is 3. The molecule has 0 atom stereocenters. The molecule has 0 aliphatic heterocycles. The van der Waals surface area contributed by atoms with E-state index in [2.05, 4.69) is 179 Å². The lowest BCUT2D eigenvalue weighted by Gasteiger charge is -2.12. The molecule has 0 spiro atoms. The number of aromatic nitrogens is 4. The van der Waals surface area contributed by atoms with Crippen LogP contribution in [0.25, 0.3) is 108 Å². The van der Waals surface area contributed by atoms with Crippen molar-refractivity contribution in [1.82, 2.24) is 19.1 Å². The summed E-state index contributed by atoms with van der Waals surface area (Å²) < 4.78 is 6.96. The molecule has 0 bridgehead atoms. The van der Waals surface area contributed by atoms with Gasteiger partial charge in [-0.15, -0.1) is 11.3 Å². The van der Waals surface area contributed by atoms with Gasteiger partial charge in [0.25, 0.3) is 0 Å². The molecule has 0 aliphatic carbocycles. The van der Waals surface area contributed by atoms with Crippen LogP contribution in [0.4, 0.5) is 0 Å². The number of fused-ring (bicyclic) bond motifs is 13. The molecule has 53 heavy (non-hydrogen) atoms. The highest BCUT2D eigenvalue weighted by Gasteiger charge is 2.23. The van der Waals surface area contributed by atoms with Crippen LogP contribution in [0.2, 0.25) is 0 Å². The largest absolute Gasteiger partial charge is 0.309 e. The third-order valence-corrected chi connectivity index (χ3v) is 12.1. The molecule has 4 aromatic heterocycles. The third-order valence-electron chi connectivity index (χ3n) is 10.9. The van der Waals surface area contributed by atoms with Gasteiger partial charge in [0.2, 0.25) is 5.95 Å². The van der Waals surface area contributed by atoms with Crippen molar-refractivity contribution >= 4 is 96.8 Å². The fourth-order valence-corrected chi connectivity index (χ4v) is 9.76. The fourth-order valence-electron chi connectivity index (χ4n) is 8.61. The first kappa shape index (κ1) is 28.8. The summed E-state index contributed by atoms with van der Waals surface area (Å²) in [6, 6.07) is 61.1. The third kappa shape index (κ3) is 4.05. The van der Waals surface area contributed by atoms with Crippen LogP contribution in [0, 0.1) is 0 Å². The van der Waals surface area contributed by atoms with E-state index in [1.165, 1.54) is 53.3 Å². The van der Waals surface area contributed by atoms with Gasteiger partial charge in [0, 0.05) is 42.9 Å². The summed E-state index contributed by atoms with van der Waals surface area (Å²) in [5.41, 5.74) is 8.65. The van der Waals surface area contributed by atoms with Crippen LogP contribution in [0.1, 0.15) is 0 Å². The van der Waals surface area contributed by atoms with Crippen molar-refractivity contribution < 1.29 is 0 Å². The Balaban J connectivity index is 1.22.